The molecule has 10 rings (SSSR count). The standard InChI is InChI=1S/C108H174N18O12/c1(13-25-37-49-61-127-85-91-79-109-121-115-91)7-19-31-43-55-67-133-103-73-97-98(74-104(103)134-68-56-44-32-20-8-2-14-26-38-50-62-128-86-92-80-110-122-116-92)100-76-106(136-70-58-46-34-22-10-4-16-28-40-52-64-130-88-94-82-112-124-118-94)108(138-72-60-48-36-24-12-6-18-30-42-54-66-132-90-96-84-114-126-120-96)78-102(100)101-77-107(137-71-59-47-35-23-11-5-17-29-41-53-65-131-89-95-83-113-125-119-95)105(75-99(97)101)135-69-57-45-33-21-9-3-15-27-39-51-63-129-87-93-81-111-123-117-93/h73-84H,1-72,85-90H2,(H,109,115,121)(H,110,116,122)(H,111,117,123)(H,112,118,124)(H,113,119,125)(H,114,120,126). The SMILES string of the molecule is c1n[nH]nc1COCCCCCCCCCCCCOc1cc2c3cc(OCCCCCCCCCCCCOCc4cn[nH]n4)c(OCCCCCCCCCCCCOCc4cn[nH]n4)cc3c3cc(OCCCCCCCCCCCCOCc4cn[nH]n4)c(OCCCCCCCCCCCCOCc4cn[nH]n4)cc3c2cc1OCCCCCCCCCCCCOCc1cn[nH]n1. The first-order valence-corrected chi connectivity index (χ1v) is 54.6. The van der Waals surface area contributed by atoms with Crippen molar-refractivity contribution in [3.05, 3.63) is 108 Å². The summed E-state index contributed by atoms with van der Waals surface area (Å²) in [5.41, 5.74) is 5.08. The van der Waals surface area contributed by atoms with Crippen LogP contribution in [0.2, 0.25) is 0 Å². The summed E-state index contributed by atoms with van der Waals surface area (Å²) in [5.74, 6) is 4.74. The van der Waals surface area contributed by atoms with Gasteiger partial charge < -0.3 is 56.8 Å². The highest BCUT2D eigenvalue weighted by Crippen LogP contribution is 2.48. The van der Waals surface area contributed by atoms with Gasteiger partial charge in [0.2, 0.25) is 0 Å². The summed E-state index contributed by atoms with van der Waals surface area (Å²) in [4.78, 5) is 0. The van der Waals surface area contributed by atoms with Gasteiger partial charge in [-0.15, -0.1) is 0 Å². The van der Waals surface area contributed by atoms with E-state index >= 15 is 0 Å². The maximum absolute atomic E-state index is 7.10. The number of hydrogen-bond donors (Lipinski definition) is 6. The minimum absolute atomic E-state index is 0.512. The van der Waals surface area contributed by atoms with Gasteiger partial charge in [0.1, 0.15) is 34.2 Å². The predicted molar refractivity (Wildman–Crippen MR) is 545 cm³/mol. The highest BCUT2D eigenvalue weighted by atomic mass is 16.5. The summed E-state index contributed by atoms with van der Waals surface area (Å²) in [7, 11) is 0. The summed E-state index contributed by atoms with van der Waals surface area (Å²) in [5, 5.41) is 70.5. The van der Waals surface area contributed by atoms with Crippen LogP contribution >= 0.6 is 0 Å². The molecule has 0 aliphatic rings. The van der Waals surface area contributed by atoms with Crippen molar-refractivity contribution in [2.24, 2.45) is 0 Å². The van der Waals surface area contributed by atoms with Crippen LogP contribution < -0.4 is 28.4 Å². The van der Waals surface area contributed by atoms with Crippen LogP contribution in [0.3, 0.4) is 0 Å². The molecule has 4 aromatic carbocycles. The Morgan fingerprint density at radius 2 is 0.246 bits per heavy atom. The summed E-state index contributed by atoms with van der Waals surface area (Å²) in [6.45, 7) is 11.3. The van der Waals surface area contributed by atoms with Crippen LogP contribution in [0.5, 0.6) is 34.5 Å². The quantitative estimate of drug-likeness (QED) is 0.0152. The zero-order valence-electron chi connectivity index (χ0n) is 84.3. The number of fused-ring (bicyclic) bond motifs is 6. The second kappa shape index (κ2) is 75.9. The Kier molecular flexibility index (Phi) is 61.1. The van der Waals surface area contributed by atoms with Gasteiger partial charge >= 0.3 is 0 Å². The van der Waals surface area contributed by atoms with Crippen molar-refractivity contribution >= 4 is 32.3 Å². The smallest absolute Gasteiger partial charge is 0.161 e. The fourth-order valence-electron chi connectivity index (χ4n) is 17.9. The molecule has 6 heterocycles. The molecule has 10 aromatic rings. The van der Waals surface area contributed by atoms with Crippen LogP contribution in [0.25, 0.3) is 32.3 Å². The normalized spacial score (nSPS) is 11.7. The van der Waals surface area contributed by atoms with Gasteiger partial charge in [-0.2, -0.15) is 92.5 Å². The molecule has 0 radical (unpaired) electrons. The van der Waals surface area contributed by atoms with E-state index in [1.54, 1.807) is 37.2 Å². The lowest BCUT2D eigenvalue weighted by molar-refractivity contribution is 0.114. The molecule has 6 N–H and O–H groups in total. The first-order chi connectivity index (χ1) is 68.7. The van der Waals surface area contributed by atoms with Gasteiger partial charge in [0.25, 0.3) is 0 Å². The van der Waals surface area contributed by atoms with Crippen molar-refractivity contribution in [2.45, 2.75) is 425 Å². The minimum Gasteiger partial charge on any atom is -0.490 e. The summed E-state index contributed by atoms with van der Waals surface area (Å²) < 4.78 is 77.5. The summed E-state index contributed by atoms with van der Waals surface area (Å²) in [6.07, 6.45) is 81.1. The molecule has 0 atom stereocenters. The maximum atomic E-state index is 7.10. The Hall–Kier alpha value is -8.94. The van der Waals surface area contributed by atoms with Crippen molar-refractivity contribution in [2.75, 3.05) is 79.3 Å². The van der Waals surface area contributed by atoms with E-state index in [0.29, 0.717) is 79.3 Å². The van der Waals surface area contributed by atoms with Crippen molar-refractivity contribution < 1.29 is 56.8 Å². The van der Waals surface area contributed by atoms with Gasteiger partial charge in [-0.1, -0.05) is 308 Å². The highest BCUT2D eigenvalue weighted by molar-refractivity contribution is 6.27. The van der Waals surface area contributed by atoms with E-state index in [1.807, 2.05) is 0 Å². The number of aromatic nitrogens is 18. The Bertz CT molecular complexity index is 3710. The maximum Gasteiger partial charge on any atom is 0.161 e. The van der Waals surface area contributed by atoms with Crippen molar-refractivity contribution in [3.8, 4) is 34.5 Å². The topological polar surface area (TPSA) is 360 Å². The molecule has 0 aliphatic heterocycles. The zero-order chi connectivity index (χ0) is 95.2. The van der Waals surface area contributed by atoms with Crippen LogP contribution in [0, 0.1) is 0 Å². The first kappa shape index (κ1) is 111. The fraction of sp³-hybridized carbons (Fsp3) is 0.722. The van der Waals surface area contributed by atoms with Crippen LogP contribution in [-0.4, -0.2) is 172 Å². The molecular weight excluding hydrogens is 1740 g/mol. The number of rotatable bonds is 96. The molecule has 0 bridgehead atoms. The molecule has 0 unspecified atom stereocenters. The lowest BCUT2D eigenvalue weighted by atomic mass is 9.93. The molecule has 0 amide bonds. The molecule has 0 saturated carbocycles. The van der Waals surface area contributed by atoms with E-state index < -0.39 is 0 Å². The first-order valence-electron chi connectivity index (χ1n) is 54.6. The number of benzene rings is 4. The van der Waals surface area contributed by atoms with Gasteiger partial charge in [0.15, 0.2) is 34.5 Å². The Morgan fingerprint density at radius 3 is 0.355 bits per heavy atom. The molecular formula is C108H174N18O12. The Balaban J connectivity index is 0.839. The molecule has 0 fully saturated rings. The third-order valence-corrected chi connectivity index (χ3v) is 26.1. The summed E-state index contributed by atoms with van der Waals surface area (Å²) in [6, 6.07) is 13.8. The van der Waals surface area contributed by atoms with E-state index in [-0.39, 0.29) is 0 Å². The molecule has 30 heteroatoms. The van der Waals surface area contributed by atoms with E-state index in [0.717, 1.165) is 256 Å². The molecule has 30 nitrogen and oxygen atoms in total. The Morgan fingerprint density at radius 1 is 0.138 bits per heavy atom. The monoisotopic (exact) mass is 1920 g/mol. The molecule has 6 aromatic heterocycles. The van der Waals surface area contributed by atoms with Crippen molar-refractivity contribution in [1.29, 1.82) is 0 Å². The fourth-order valence-corrected chi connectivity index (χ4v) is 17.9. The van der Waals surface area contributed by atoms with Gasteiger partial charge in [-0.25, -0.2) is 0 Å². The molecule has 768 valence electrons. The lowest BCUT2D eigenvalue weighted by Crippen LogP contribution is -2.05. The molecule has 138 heavy (non-hydrogen) atoms. The summed E-state index contributed by atoms with van der Waals surface area (Å²) >= 11 is 0. The molecule has 0 saturated heterocycles. The second-order valence-corrected chi connectivity index (χ2v) is 37.9. The number of aromatic amines is 6. The van der Waals surface area contributed by atoms with Crippen LogP contribution in [0.4, 0.5) is 0 Å². The van der Waals surface area contributed by atoms with E-state index in [2.05, 4.69) is 129 Å². The van der Waals surface area contributed by atoms with Crippen LogP contribution in [0.15, 0.2) is 73.6 Å². The third kappa shape index (κ3) is 49.9. The van der Waals surface area contributed by atoms with Gasteiger partial charge in [-0.3, -0.25) is 0 Å². The van der Waals surface area contributed by atoms with Gasteiger partial charge in [0.05, 0.1) is 116 Å². The van der Waals surface area contributed by atoms with E-state index in [1.165, 1.54) is 270 Å². The highest BCUT2D eigenvalue weighted by Gasteiger charge is 2.22. The van der Waals surface area contributed by atoms with E-state index in [9.17, 15) is 0 Å². The van der Waals surface area contributed by atoms with Crippen LogP contribution in [-0.2, 0) is 68.1 Å². The lowest BCUT2D eigenvalue weighted by Gasteiger charge is -2.21. The third-order valence-electron chi connectivity index (χ3n) is 26.1. The number of hydrogen-bond acceptors (Lipinski definition) is 24. The zero-order valence-corrected chi connectivity index (χ0v) is 84.3. The average molecular weight is 1920 g/mol. The van der Waals surface area contributed by atoms with Crippen molar-refractivity contribution in [1.82, 2.24) is 92.5 Å². The molecule has 0 spiro atoms. The van der Waals surface area contributed by atoms with Gasteiger partial charge in [-0.05, 0) is 146 Å². The number of H-pyrrole nitrogens is 6. The number of nitrogens with one attached hydrogen (secondary N) is 6. The van der Waals surface area contributed by atoms with Crippen molar-refractivity contribution in [3.63, 3.8) is 0 Å². The number of nitrogens with zero attached hydrogens (tertiary/aromatic N) is 12. The average Bonchev–Trinajstić information content (AvgIpc) is 1.01. The largest absolute Gasteiger partial charge is 0.490 e. The molecule has 0 aliphatic carbocycles. The number of ether oxygens (including phenoxy) is 12. The predicted octanol–water partition coefficient (Wildman–Crippen LogP) is 26.8. The van der Waals surface area contributed by atoms with Crippen LogP contribution in [0.1, 0.15) is 419 Å². The number of unbranched alkanes of at least 4 members (excludes halogenated alkanes) is 54. The minimum atomic E-state index is 0.512. The second-order valence-electron chi connectivity index (χ2n) is 37.9. The van der Waals surface area contributed by atoms with E-state index in [4.69, 9.17) is 56.8 Å². The Labute approximate surface area is 823 Å². The van der Waals surface area contributed by atoms with Gasteiger partial charge in [0, 0.05) is 39.6 Å².